The first-order valence-corrected chi connectivity index (χ1v) is 7.02. The van der Waals surface area contributed by atoms with Crippen LogP contribution in [0.15, 0.2) is 24.3 Å². The van der Waals surface area contributed by atoms with Crippen LogP contribution in [0.2, 0.25) is 0 Å². The number of nitrogens with one attached hydrogen (secondary N) is 1. The molecule has 21 heavy (non-hydrogen) atoms. The number of hydrogen-bond donors (Lipinski definition) is 2. The number of hydrogen-bond acceptors (Lipinski definition) is 3. The fourth-order valence-corrected chi connectivity index (χ4v) is 1.95. The molecule has 0 aliphatic carbocycles. The molecule has 1 rings (SSSR count). The van der Waals surface area contributed by atoms with E-state index in [2.05, 4.69) is 5.32 Å². The van der Waals surface area contributed by atoms with Gasteiger partial charge in [0, 0.05) is 17.5 Å². The lowest BCUT2D eigenvalue weighted by atomic mass is 10.0. The average molecular weight is 291 g/mol. The van der Waals surface area contributed by atoms with Crippen molar-refractivity contribution in [2.75, 3.05) is 0 Å². The molecule has 0 saturated heterocycles. The molecule has 1 amide bonds. The van der Waals surface area contributed by atoms with Crippen molar-refractivity contribution in [2.24, 2.45) is 5.92 Å². The van der Waals surface area contributed by atoms with Gasteiger partial charge in [0.2, 0.25) is 0 Å². The smallest absolute Gasteiger partial charge is 0.326 e. The van der Waals surface area contributed by atoms with Crippen molar-refractivity contribution in [1.82, 2.24) is 5.32 Å². The topological polar surface area (TPSA) is 83.5 Å². The molecule has 5 nitrogen and oxygen atoms in total. The van der Waals surface area contributed by atoms with Crippen LogP contribution in [0.4, 0.5) is 0 Å². The summed E-state index contributed by atoms with van der Waals surface area (Å²) < 4.78 is 0. The molecule has 114 valence electrons. The van der Waals surface area contributed by atoms with Crippen molar-refractivity contribution in [3.63, 3.8) is 0 Å². The first-order valence-electron chi connectivity index (χ1n) is 7.02. The zero-order valence-electron chi connectivity index (χ0n) is 12.6. The molecule has 0 spiro atoms. The Labute approximate surface area is 124 Å². The van der Waals surface area contributed by atoms with Gasteiger partial charge in [-0.05, 0) is 24.5 Å². The molecule has 0 saturated carbocycles. The van der Waals surface area contributed by atoms with E-state index in [-0.39, 0.29) is 11.7 Å². The number of carbonyl (C=O) groups excluding carboxylic acids is 2. The van der Waals surface area contributed by atoms with Crippen molar-refractivity contribution in [3.8, 4) is 0 Å². The predicted molar refractivity (Wildman–Crippen MR) is 79.4 cm³/mol. The van der Waals surface area contributed by atoms with Crippen LogP contribution in [-0.2, 0) is 4.79 Å². The van der Waals surface area contributed by atoms with Gasteiger partial charge in [0.25, 0.3) is 5.91 Å². The molecular formula is C16H21NO4. The normalized spacial score (nSPS) is 12.0. The van der Waals surface area contributed by atoms with Crippen LogP contribution in [0.25, 0.3) is 0 Å². The fraction of sp³-hybridized carbons (Fsp3) is 0.438. The summed E-state index contributed by atoms with van der Waals surface area (Å²) >= 11 is 0. The number of aliphatic carboxylic acids is 1. The number of ketones is 1. The van der Waals surface area contributed by atoms with Crippen LogP contribution in [-0.4, -0.2) is 28.8 Å². The third kappa shape index (κ3) is 5.02. The summed E-state index contributed by atoms with van der Waals surface area (Å²) in [6.07, 6.45) is 0.772. The molecule has 1 aromatic rings. The maximum atomic E-state index is 12.0. The summed E-state index contributed by atoms with van der Waals surface area (Å²) in [5, 5.41) is 11.6. The van der Waals surface area contributed by atoms with Crippen LogP contribution in [0.3, 0.4) is 0 Å². The highest BCUT2D eigenvalue weighted by Gasteiger charge is 2.21. The van der Waals surface area contributed by atoms with E-state index < -0.39 is 17.9 Å². The van der Waals surface area contributed by atoms with Crippen LogP contribution < -0.4 is 5.32 Å². The molecule has 0 aliphatic rings. The van der Waals surface area contributed by atoms with Crippen molar-refractivity contribution in [1.29, 1.82) is 0 Å². The minimum atomic E-state index is -1.05. The Morgan fingerprint density at radius 1 is 1.10 bits per heavy atom. The number of benzene rings is 1. The number of carbonyl (C=O) groups is 3. The fourth-order valence-electron chi connectivity index (χ4n) is 1.95. The second-order valence-electron chi connectivity index (χ2n) is 5.35. The van der Waals surface area contributed by atoms with Crippen LogP contribution in [0.5, 0.6) is 0 Å². The van der Waals surface area contributed by atoms with Gasteiger partial charge < -0.3 is 10.4 Å². The molecule has 0 aromatic heterocycles. The minimum absolute atomic E-state index is 0.00479. The minimum Gasteiger partial charge on any atom is -0.480 e. The molecule has 0 heterocycles. The van der Waals surface area contributed by atoms with Crippen LogP contribution in [0.1, 0.15) is 54.3 Å². The molecule has 0 radical (unpaired) electrons. The summed E-state index contributed by atoms with van der Waals surface area (Å²) in [5.74, 6) is -1.32. The second kappa shape index (κ2) is 7.57. The van der Waals surface area contributed by atoms with Crippen molar-refractivity contribution in [2.45, 2.75) is 39.7 Å². The van der Waals surface area contributed by atoms with Crippen LogP contribution in [0, 0.1) is 5.92 Å². The zero-order valence-corrected chi connectivity index (χ0v) is 12.6. The van der Waals surface area contributed by atoms with Gasteiger partial charge in [-0.25, -0.2) is 4.79 Å². The lowest BCUT2D eigenvalue weighted by molar-refractivity contribution is -0.139. The lowest BCUT2D eigenvalue weighted by Crippen LogP contribution is -2.41. The molecule has 5 heteroatoms. The van der Waals surface area contributed by atoms with Crippen molar-refractivity contribution < 1.29 is 19.5 Å². The summed E-state index contributed by atoms with van der Waals surface area (Å²) in [5.41, 5.74) is 0.892. The largest absolute Gasteiger partial charge is 0.480 e. The Morgan fingerprint density at radius 2 is 1.62 bits per heavy atom. The van der Waals surface area contributed by atoms with Gasteiger partial charge >= 0.3 is 5.97 Å². The van der Waals surface area contributed by atoms with Gasteiger partial charge in [-0.15, -0.1) is 0 Å². The van der Waals surface area contributed by atoms with E-state index in [0.717, 1.165) is 0 Å². The van der Waals surface area contributed by atoms with Gasteiger partial charge in [0.15, 0.2) is 5.78 Å². The van der Waals surface area contributed by atoms with Crippen molar-refractivity contribution in [3.05, 3.63) is 35.4 Å². The second-order valence-corrected chi connectivity index (χ2v) is 5.35. The van der Waals surface area contributed by atoms with E-state index in [9.17, 15) is 14.4 Å². The average Bonchev–Trinajstić information content (AvgIpc) is 2.45. The predicted octanol–water partition coefficient (Wildman–Crippen LogP) is 2.51. The Kier molecular flexibility index (Phi) is 6.09. The Morgan fingerprint density at radius 3 is 2.05 bits per heavy atom. The highest BCUT2D eigenvalue weighted by Crippen LogP contribution is 2.09. The van der Waals surface area contributed by atoms with Crippen molar-refractivity contribution >= 4 is 17.7 Å². The number of rotatable bonds is 7. The summed E-state index contributed by atoms with van der Waals surface area (Å²) in [7, 11) is 0. The number of carboxylic acid groups (broad SMARTS) is 1. The number of amides is 1. The van der Waals surface area contributed by atoms with E-state index in [0.29, 0.717) is 24.0 Å². The first kappa shape index (κ1) is 16.9. The van der Waals surface area contributed by atoms with Crippen LogP contribution >= 0.6 is 0 Å². The van der Waals surface area contributed by atoms with Gasteiger partial charge in [-0.2, -0.15) is 0 Å². The van der Waals surface area contributed by atoms with E-state index in [1.807, 2.05) is 13.8 Å². The molecular weight excluding hydrogens is 270 g/mol. The van der Waals surface area contributed by atoms with Gasteiger partial charge in [-0.1, -0.05) is 32.9 Å². The maximum absolute atomic E-state index is 12.0. The molecule has 1 aromatic carbocycles. The Bertz CT molecular complexity index is 520. The van der Waals surface area contributed by atoms with Gasteiger partial charge in [0.05, 0.1) is 0 Å². The molecule has 2 N–H and O–H groups in total. The SMILES string of the molecule is CCC(=O)c1ccc(C(=O)NC(CC(C)C)C(=O)O)cc1. The van der Waals surface area contributed by atoms with Gasteiger partial charge in [-0.3, -0.25) is 9.59 Å². The number of carboxylic acids is 1. The zero-order chi connectivity index (χ0) is 16.0. The first-order chi connectivity index (χ1) is 9.85. The molecule has 1 atom stereocenters. The van der Waals surface area contributed by atoms with E-state index in [1.165, 1.54) is 12.1 Å². The standard InChI is InChI=1S/C16H21NO4/c1-4-14(18)11-5-7-12(8-6-11)15(19)17-13(16(20)21)9-10(2)3/h5-8,10,13H,4,9H2,1-3H3,(H,17,19)(H,20,21). The number of Topliss-reactive ketones (excluding diaryl/α,β-unsaturated/α-hetero) is 1. The highest BCUT2D eigenvalue weighted by molar-refractivity contribution is 5.99. The molecule has 0 fully saturated rings. The summed E-state index contributed by atoms with van der Waals surface area (Å²) in [6, 6.07) is 5.33. The maximum Gasteiger partial charge on any atom is 0.326 e. The molecule has 1 unspecified atom stereocenters. The highest BCUT2D eigenvalue weighted by atomic mass is 16.4. The lowest BCUT2D eigenvalue weighted by Gasteiger charge is -2.16. The van der Waals surface area contributed by atoms with Gasteiger partial charge in [0.1, 0.15) is 6.04 Å². The third-order valence-corrected chi connectivity index (χ3v) is 3.10. The summed E-state index contributed by atoms with van der Waals surface area (Å²) in [4.78, 5) is 34.7. The van der Waals surface area contributed by atoms with E-state index >= 15 is 0 Å². The summed E-state index contributed by atoms with van der Waals surface area (Å²) in [6.45, 7) is 5.56. The molecule has 0 bridgehead atoms. The Balaban J connectivity index is 2.78. The third-order valence-electron chi connectivity index (χ3n) is 3.10. The van der Waals surface area contributed by atoms with E-state index in [4.69, 9.17) is 5.11 Å². The quantitative estimate of drug-likeness (QED) is 0.756. The monoisotopic (exact) mass is 291 g/mol. The Hall–Kier alpha value is -2.17. The molecule has 0 aliphatic heterocycles. The van der Waals surface area contributed by atoms with E-state index in [1.54, 1.807) is 19.1 Å².